The van der Waals surface area contributed by atoms with Gasteiger partial charge in [0.15, 0.2) is 6.61 Å². The zero-order valence-corrected chi connectivity index (χ0v) is 15.0. The van der Waals surface area contributed by atoms with Crippen molar-refractivity contribution >= 4 is 11.9 Å². The average Bonchev–Trinajstić information content (AvgIpc) is 3.13. The van der Waals surface area contributed by atoms with Gasteiger partial charge in [-0.25, -0.2) is 0 Å². The van der Waals surface area contributed by atoms with Crippen molar-refractivity contribution in [3.63, 3.8) is 0 Å². The number of hydrogen-bond acceptors (Lipinski definition) is 7. The van der Waals surface area contributed by atoms with Gasteiger partial charge in [0.1, 0.15) is 17.2 Å². The molecule has 1 N–H and O–H groups in total. The van der Waals surface area contributed by atoms with Crippen LogP contribution in [0.4, 0.5) is 6.01 Å². The number of methoxy groups -OCH3 is 2. The Hall–Kier alpha value is -3.55. The summed E-state index contributed by atoms with van der Waals surface area (Å²) in [6.45, 7) is -0.191. The Balaban J connectivity index is 1.51. The van der Waals surface area contributed by atoms with Crippen molar-refractivity contribution < 1.29 is 23.4 Å². The third kappa shape index (κ3) is 5.21. The van der Waals surface area contributed by atoms with Gasteiger partial charge in [-0.3, -0.25) is 10.1 Å². The average molecular weight is 369 g/mol. The highest BCUT2D eigenvalue weighted by Gasteiger charge is 2.11. The summed E-state index contributed by atoms with van der Waals surface area (Å²) >= 11 is 0. The second-order valence-electron chi connectivity index (χ2n) is 5.54. The van der Waals surface area contributed by atoms with Crippen LogP contribution in [0, 0.1) is 0 Å². The third-order valence-electron chi connectivity index (χ3n) is 3.64. The molecule has 3 rings (SSSR count). The molecule has 27 heavy (non-hydrogen) atoms. The topological polar surface area (TPSA) is 95.7 Å². The van der Waals surface area contributed by atoms with Crippen LogP contribution in [0.3, 0.4) is 0 Å². The van der Waals surface area contributed by atoms with Gasteiger partial charge in [-0.05, 0) is 29.8 Å². The Kier molecular flexibility index (Phi) is 5.88. The molecule has 0 aliphatic carbocycles. The molecule has 0 fully saturated rings. The molecular formula is C19H19N3O5. The van der Waals surface area contributed by atoms with Crippen molar-refractivity contribution in [2.24, 2.45) is 0 Å². The molecule has 0 bridgehead atoms. The molecule has 3 aromatic rings. The summed E-state index contributed by atoms with van der Waals surface area (Å²) < 4.78 is 21.1. The maximum Gasteiger partial charge on any atom is 0.322 e. The van der Waals surface area contributed by atoms with E-state index < -0.39 is 5.91 Å². The second-order valence-corrected chi connectivity index (χ2v) is 5.54. The number of nitrogens with zero attached hydrogens (tertiary/aromatic N) is 2. The van der Waals surface area contributed by atoms with Crippen LogP contribution in [0.25, 0.3) is 0 Å². The van der Waals surface area contributed by atoms with Gasteiger partial charge in [-0.2, -0.15) is 0 Å². The van der Waals surface area contributed by atoms with E-state index in [1.165, 1.54) is 0 Å². The van der Waals surface area contributed by atoms with Crippen molar-refractivity contribution in [2.75, 3.05) is 26.1 Å². The lowest BCUT2D eigenvalue weighted by Gasteiger charge is -2.06. The minimum Gasteiger partial charge on any atom is -0.497 e. The summed E-state index contributed by atoms with van der Waals surface area (Å²) in [6.07, 6.45) is 0.452. The first kappa shape index (κ1) is 18.2. The molecule has 1 amide bonds. The van der Waals surface area contributed by atoms with Crippen LogP contribution < -0.4 is 19.5 Å². The summed E-state index contributed by atoms with van der Waals surface area (Å²) in [6, 6.07) is 14.5. The molecule has 0 unspecified atom stereocenters. The van der Waals surface area contributed by atoms with Gasteiger partial charge in [0.2, 0.25) is 5.89 Å². The van der Waals surface area contributed by atoms with Gasteiger partial charge in [-0.1, -0.05) is 23.3 Å². The van der Waals surface area contributed by atoms with E-state index in [-0.39, 0.29) is 12.6 Å². The number of carbonyl (C=O) groups excluding carboxylic acids is 1. The van der Waals surface area contributed by atoms with Gasteiger partial charge in [-0.15, -0.1) is 5.10 Å². The fraction of sp³-hybridized carbons (Fsp3) is 0.211. The van der Waals surface area contributed by atoms with Crippen LogP contribution in [0.5, 0.6) is 17.2 Å². The van der Waals surface area contributed by atoms with Gasteiger partial charge in [0, 0.05) is 6.07 Å². The highest BCUT2D eigenvalue weighted by atomic mass is 16.5. The summed E-state index contributed by atoms with van der Waals surface area (Å²) in [4.78, 5) is 12.0. The van der Waals surface area contributed by atoms with E-state index in [2.05, 4.69) is 15.5 Å². The van der Waals surface area contributed by atoms with Crippen LogP contribution in [0.2, 0.25) is 0 Å². The lowest BCUT2D eigenvalue weighted by molar-refractivity contribution is -0.118. The van der Waals surface area contributed by atoms with Crippen molar-refractivity contribution in [3.05, 3.63) is 60.0 Å². The molecule has 0 atom stereocenters. The van der Waals surface area contributed by atoms with Crippen LogP contribution >= 0.6 is 0 Å². The third-order valence-corrected chi connectivity index (χ3v) is 3.64. The van der Waals surface area contributed by atoms with Crippen molar-refractivity contribution in [3.8, 4) is 17.2 Å². The van der Waals surface area contributed by atoms with E-state index in [0.29, 0.717) is 23.8 Å². The zero-order chi connectivity index (χ0) is 19.1. The largest absolute Gasteiger partial charge is 0.497 e. The van der Waals surface area contributed by atoms with E-state index in [1.807, 2.05) is 24.3 Å². The molecule has 0 radical (unpaired) electrons. The molecule has 0 saturated heterocycles. The lowest BCUT2D eigenvalue weighted by atomic mass is 10.1. The predicted octanol–water partition coefficient (Wildman–Crippen LogP) is 2.70. The fourth-order valence-electron chi connectivity index (χ4n) is 2.29. The van der Waals surface area contributed by atoms with Crippen LogP contribution in [-0.2, 0) is 11.2 Å². The van der Waals surface area contributed by atoms with Gasteiger partial charge in [0.25, 0.3) is 5.91 Å². The van der Waals surface area contributed by atoms with E-state index >= 15 is 0 Å². The predicted molar refractivity (Wildman–Crippen MR) is 97.2 cm³/mol. The molecule has 8 heteroatoms. The summed E-state index contributed by atoms with van der Waals surface area (Å²) in [5, 5.41) is 10.3. The maximum atomic E-state index is 12.0. The zero-order valence-electron chi connectivity index (χ0n) is 15.0. The molecule has 1 aromatic heterocycles. The Labute approximate surface area is 156 Å². The smallest absolute Gasteiger partial charge is 0.322 e. The quantitative estimate of drug-likeness (QED) is 0.652. The Morgan fingerprint density at radius 1 is 1.00 bits per heavy atom. The lowest BCUT2D eigenvalue weighted by Crippen LogP contribution is -2.20. The van der Waals surface area contributed by atoms with E-state index in [4.69, 9.17) is 18.6 Å². The minimum atomic E-state index is -0.405. The minimum absolute atomic E-state index is 0.0257. The second kappa shape index (κ2) is 8.70. The fourth-order valence-corrected chi connectivity index (χ4v) is 2.29. The highest BCUT2D eigenvalue weighted by molar-refractivity contribution is 5.89. The SMILES string of the molecule is COc1ccc(Cc2nnc(NC(=O)COc3cccc(OC)c3)o2)cc1. The monoisotopic (exact) mass is 369 g/mol. The van der Waals surface area contributed by atoms with Gasteiger partial charge in [0.05, 0.1) is 20.6 Å². The van der Waals surface area contributed by atoms with Crippen LogP contribution in [0.15, 0.2) is 52.9 Å². The molecule has 8 nitrogen and oxygen atoms in total. The van der Waals surface area contributed by atoms with Crippen LogP contribution in [-0.4, -0.2) is 36.9 Å². The first-order valence-corrected chi connectivity index (χ1v) is 8.18. The standard InChI is InChI=1S/C19H19N3O5/c1-24-14-8-6-13(7-9-14)10-18-21-22-19(27-18)20-17(23)12-26-16-5-3-4-15(11-16)25-2/h3-9,11H,10,12H2,1-2H3,(H,20,22,23). The summed E-state index contributed by atoms with van der Waals surface area (Å²) in [5.41, 5.74) is 0.985. The molecular weight excluding hydrogens is 350 g/mol. The molecule has 140 valence electrons. The Morgan fingerprint density at radius 2 is 1.74 bits per heavy atom. The van der Waals surface area contributed by atoms with E-state index in [1.54, 1.807) is 38.5 Å². The van der Waals surface area contributed by atoms with Crippen molar-refractivity contribution in [1.29, 1.82) is 0 Å². The number of anilines is 1. The number of benzene rings is 2. The molecule has 0 saturated carbocycles. The number of nitrogens with one attached hydrogen (secondary N) is 1. The number of ether oxygens (including phenoxy) is 3. The Morgan fingerprint density at radius 3 is 2.48 bits per heavy atom. The number of rotatable bonds is 8. The highest BCUT2D eigenvalue weighted by Crippen LogP contribution is 2.19. The molecule has 2 aromatic carbocycles. The van der Waals surface area contributed by atoms with E-state index in [0.717, 1.165) is 11.3 Å². The van der Waals surface area contributed by atoms with E-state index in [9.17, 15) is 4.79 Å². The first-order valence-electron chi connectivity index (χ1n) is 8.18. The number of aromatic nitrogens is 2. The normalized spacial score (nSPS) is 10.3. The molecule has 0 spiro atoms. The van der Waals surface area contributed by atoms with Crippen molar-refractivity contribution in [2.45, 2.75) is 6.42 Å². The van der Waals surface area contributed by atoms with Crippen molar-refractivity contribution in [1.82, 2.24) is 10.2 Å². The number of amides is 1. The molecule has 0 aliphatic heterocycles. The molecule has 1 heterocycles. The Bertz CT molecular complexity index is 892. The number of carbonyl (C=O) groups is 1. The summed E-state index contributed by atoms with van der Waals surface area (Å²) in [5.74, 6) is 1.93. The van der Waals surface area contributed by atoms with Crippen LogP contribution in [0.1, 0.15) is 11.5 Å². The maximum absolute atomic E-state index is 12.0. The summed E-state index contributed by atoms with van der Waals surface area (Å²) in [7, 11) is 3.17. The number of hydrogen-bond donors (Lipinski definition) is 1. The van der Waals surface area contributed by atoms with Gasteiger partial charge >= 0.3 is 6.01 Å². The first-order chi connectivity index (χ1) is 13.2. The van der Waals surface area contributed by atoms with Gasteiger partial charge < -0.3 is 18.6 Å². The molecule has 0 aliphatic rings.